The van der Waals surface area contributed by atoms with Gasteiger partial charge in [0.15, 0.2) is 5.82 Å². The minimum atomic E-state index is -0.370. The monoisotopic (exact) mass is 571 g/mol. The van der Waals surface area contributed by atoms with Crippen LogP contribution in [0.15, 0.2) is 36.5 Å². The van der Waals surface area contributed by atoms with Crippen LogP contribution in [0, 0.1) is 18.3 Å². The number of aryl methyl sites for hydroxylation is 2. The molecule has 2 fully saturated rings. The third-order valence-electron chi connectivity index (χ3n) is 7.88. The Bertz CT molecular complexity index is 1630. The van der Waals surface area contributed by atoms with E-state index in [4.69, 9.17) is 10.1 Å². The number of fused-ring (bicyclic) bond motifs is 1. The standard InChI is InChI=1S/C29H33N9O2S/c1-4-24-27(34(3)29-31-28(33-41-29)23-6-5-19(2)13-20(23)15-30)25-14-21(7-8-38(25)32-24)36-11-9-35(10-12-36)18-26(40)37-16-22(39)17-37/h5-8,13-14,22,39H,4,9-12,16-18H2,1-3H3. The van der Waals surface area contributed by atoms with Crippen LogP contribution in [0.5, 0.6) is 0 Å². The minimum Gasteiger partial charge on any atom is -0.389 e. The highest BCUT2D eigenvalue weighted by molar-refractivity contribution is 7.10. The van der Waals surface area contributed by atoms with Crippen LogP contribution in [0.3, 0.4) is 0 Å². The zero-order chi connectivity index (χ0) is 28.7. The quantitative estimate of drug-likeness (QED) is 0.357. The predicted molar refractivity (Wildman–Crippen MR) is 159 cm³/mol. The molecule has 6 rings (SSSR count). The number of likely N-dealkylation sites (tertiary alicyclic amines) is 1. The molecule has 2 saturated heterocycles. The lowest BCUT2D eigenvalue weighted by Crippen LogP contribution is -2.57. The van der Waals surface area contributed by atoms with Crippen molar-refractivity contribution in [2.45, 2.75) is 26.4 Å². The summed E-state index contributed by atoms with van der Waals surface area (Å²) in [7, 11) is 1.99. The third kappa shape index (κ3) is 5.24. The van der Waals surface area contributed by atoms with E-state index in [1.165, 1.54) is 11.5 Å². The number of hydrogen-bond donors (Lipinski definition) is 1. The first-order valence-electron chi connectivity index (χ1n) is 13.9. The van der Waals surface area contributed by atoms with E-state index in [1.54, 1.807) is 4.90 Å². The Hall–Kier alpha value is -4.05. The van der Waals surface area contributed by atoms with Crippen molar-refractivity contribution < 1.29 is 9.90 Å². The Labute approximate surface area is 243 Å². The number of carbonyl (C=O) groups is 1. The maximum absolute atomic E-state index is 12.4. The van der Waals surface area contributed by atoms with Gasteiger partial charge in [-0.2, -0.15) is 19.7 Å². The number of carbonyl (C=O) groups excluding carboxylic acids is 1. The van der Waals surface area contributed by atoms with Gasteiger partial charge in [0.25, 0.3) is 0 Å². The van der Waals surface area contributed by atoms with E-state index in [1.807, 2.05) is 47.8 Å². The summed E-state index contributed by atoms with van der Waals surface area (Å²) in [5.74, 6) is 0.639. The summed E-state index contributed by atoms with van der Waals surface area (Å²) in [5.41, 5.74) is 6.38. The van der Waals surface area contributed by atoms with E-state index < -0.39 is 0 Å². The van der Waals surface area contributed by atoms with Crippen molar-refractivity contribution in [1.29, 1.82) is 5.26 Å². The second-order valence-corrected chi connectivity index (χ2v) is 11.4. The number of nitrogens with zero attached hydrogens (tertiary/aromatic N) is 9. The molecule has 5 heterocycles. The summed E-state index contributed by atoms with van der Waals surface area (Å²) in [6.07, 6.45) is 2.40. The van der Waals surface area contributed by atoms with Crippen molar-refractivity contribution >= 4 is 39.5 Å². The van der Waals surface area contributed by atoms with Gasteiger partial charge in [-0.05, 0) is 43.2 Å². The van der Waals surface area contributed by atoms with Crippen LogP contribution in [0.4, 0.5) is 16.5 Å². The van der Waals surface area contributed by atoms with E-state index in [9.17, 15) is 15.2 Å². The Kier molecular flexibility index (Phi) is 7.33. The van der Waals surface area contributed by atoms with Gasteiger partial charge in [-0.3, -0.25) is 9.69 Å². The summed E-state index contributed by atoms with van der Waals surface area (Å²) in [6, 6.07) is 12.3. The maximum atomic E-state index is 12.4. The summed E-state index contributed by atoms with van der Waals surface area (Å²) >= 11 is 1.30. The normalized spacial score (nSPS) is 16.2. The lowest BCUT2D eigenvalue weighted by Gasteiger charge is -2.39. The number of benzene rings is 1. The van der Waals surface area contributed by atoms with Crippen molar-refractivity contribution in [2.24, 2.45) is 0 Å². The molecule has 2 aliphatic rings. The molecule has 1 aromatic carbocycles. The fourth-order valence-electron chi connectivity index (χ4n) is 5.49. The van der Waals surface area contributed by atoms with Crippen molar-refractivity contribution in [3.05, 3.63) is 53.3 Å². The molecule has 4 aromatic rings. The number of aromatic nitrogens is 4. The molecule has 0 atom stereocenters. The average Bonchev–Trinajstić information content (AvgIpc) is 3.60. The van der Waals surface area contributed by atoms with E-state index in [0.717, 1.165) is 71.4 Å². The number of aliphatic hydroxyl groups is 1. The number of anilines is 3. The van der Waals surface area contributed by atoms with Crippen LogP contribution in [0.2, 0.25) is 0 Å². The van der Waals surface area contributed by atoms with Crippen LogP contribution >= 0.6 is 11.5 Å². The van der Waals surface area contributed by atoms with Gasteiger partial charge in [-0.1, -0.05) is 13.0 Å². The zero-order valence-electron chi connectivity index (χ0n) is 23.5. The minimum absolute atomic E-state index is 0.0928. The van der Waals surface area contributed by atoms with Gasteiger partial charge in [-0.15, -0.1) is 0 Å². The number of amides is 1. The highest BCUT2D eigenvalue weighted by atomic mass is 32.1. The van der Waals surface area contributed by atoms with E-state index >= 15 is 0 Å². The van der Waals surface area contributed by atoms with Gasteiger partial charge in [0.1, 0.15) is 0 Å². The first kappa shape index (κ1) is 27.1. The molecule has 2 aliphatic heterocycles. The van der Waals surface area contributed by atoms with Gasteiger partial charge in [0, 0.05) is 75.3 Å². The van der Waals surface area contributed by atoms with Gasteiger partial charge in [0.05, 0.1) is 41.2 Å². The highest BCUT2D eigenvalue weighted by Gasteiger charge is 2.30. The number of hydrogen-bond acceptors (Lipinski definition) is 10. The average molecular weight is 572 g/mol. The van der Waals surface area contributed by atoms with Crippen molar-refractivity contribution in [2.75, 3.05) is 62.7 Å². The SMILES string of the molecule is CCc1nn2ccc(N3CCN(CC(=O)N4CC(O)C4)CC3)cc2c1N(C)c1nc(-c2ccc(C)cc2C#N)ns1. The number of rotatable bonds is 7. The second kappa shape index (κ2) is 11.1. The fraction of sp³-hybridized carbons (Fsp3) is 0.414. The molecule has 0 aliphatic carbocycles. The van der Waals surface area contributed by atoms with Crippen molar-refractivity contribution in [1.82, 2.24) is 28.8 Å². The number of aliphatic hydroxyl groups excluding tert-OH is 1. The number of nitriles is 1. The first-order valence-corrected chi connectivity index (χ1v) is 14.6. The maximum Gasteiger partial charge on any atom is 0.236 e. The smallest absolute Gasteiger partial charge is 0.236 e. The molecule has 0 radical (unpaired) electrons. The van der Waals surface area contributed by atoms with Gasteiger partial charge >= 0.3 is 0 Å². The molecule has 0 unspecified atom stereocenters. The van der Waals surface area contributed by atoms with E-state index in [-0.39, 0.29) is 12.0 Å². The molecule has 1 N–H and O–H groups in total. The van der Waals surface area contributed by atoms with Crippen LogP contribution in [-0.4, -0.2) is 98.8 Å². The van der Waals surface area contributed by atoms with Crippen molar-refractivity contribution in [3.63, 3.8) is 0 Å². The molecule has 0 spiro atoms. The van der Waals surface area contributed by atoms with Crippen LogP contribution in [-0.2, 0) is 11.2 Å². The van der Waals surface area contributed by atoms with E-state index in [2.05, 4.69) is 39.3 Å². The molecule has 12 heteroatoms. The zero-order valence-corrected chi connectivity index (χ0v) is 24.3. The highest BCUT2D eigenvalue weighted by Crippen LogP contribution is 2.36. The topological polar surface area (TPSA) is 117 Å². The third-order valence-corrected chi connectivity index (χ3v) is 8.68. The molecule has 11 nitrogen and oxygen atoms in total. The lowest BCUT2D eigenvalue weighted by molar-refractivity contribution is -0.142. The number of pyridine rings is 1. The summed E-state index contributed by atoms with van der Waals surface area (Å²) in [4.78, 5) is 25.5. The largest absolute Gasteiger partial charge is 0.389 e. The first-order chi connectivity index (χ1) is 19.8. The molecular formula is C29H33N9O2S. The van der Waals surface area contributed by atoms with Gasteiger partial charge in [-0.25, -0.2) is 4.52 Å². The molecule has 41 heavy (non-hydrogen) atoms. The van der Waals surface area contributed by atoms with Gasteiger partial charge < -0.3 is 19.8 Å². The summed E-state index contributed by atoms with van der Waals surface area (Å²) in [5, 5.41) is 24.7. The molecule has 0 saturated carbocycles. The Morgan fingerprint density at radius 1 is 1.20 bits per heavy atom. The van der Waals surface area contributed by atoms with Gasteiger partial charge in [0.2, 0.25) is 11.0 Å². The molecule has 1 amide bonds. The van der Waals surface area contributed by atoms with Crippen molar-refractivity contribution in [3.8, 4) is 17.5 Å². The molecule has 3 aromatic heterocycles. The van der Waals surface area contributed by atoms with E-state index in [0.29, 0.717) is 31.0 Å². The predicted octanol–water partition coefficient (Wildman–Crippen LogP) is 2.69. The Morgan fingerprint density at radius 2 is 1.98 bits per heavy atom. The second-order valence-electron chi connectivity index (χ2n) is 10.7. The lowest BCUT2D eigenvalue weighted by atomic mass is 10.1. The van der Waals surface area contributed by atoms with Crippen LogP contribution in [0.25, 0.3) is 16.9 Å². The van der Waals surface area contributed by atoms with Crippen LogP contribution < -0.4 is 9.80 Å². The van der Waals surface area contributed by atoms with Crippen LogP contribution in [0.1, 0.15) is 23.7 Å². The Morgan fingerprint density at radius 3 is 2.68 bits per heavy atom. The molecule has 212 valence electrons. The Balaban J connectivity index is 1.22. The summed E-state index contributed by atoms with van der Waals surface area (Å²) < 4.78 is 6.51. The molecular weight excluding hydrogens is 538 g/mol. The fourth-order valence-corrected chi connectivity index (χ4v) is 6.14. The molecule has 0 bridgehead atoms. The number of piperazine rings is 1. The summed E-state index contributed by atoms with van der Waals surface area (Å²) in [6.45, 7) is 8.61. The number of β-amino-alcohol motifs (C(OH)–C–C–N with tert-alkyl or cyclic N) is 1.